The van der Waals surface area contributed by atoms with Gasteiger partial charge in [0, 0.05) is 0 Å². The Kier molecular flexibility index (Phi) is 3.26. The summed E-state index contributed by atoms with van der Waals surface area (Å²) in [6.45, 7) is 1.47. The number of hydrogen-bond donors (Lipinski definition) is 0. The van der Waals surface area contributed by atoms with Gasteiger partial charge in [-0.15, -0.1) is 0 Å². The smallest absolute Gasteiger partial charge is 0.162 e. The molecule has 0 aliphatic rings. The number of nitrogens with zero attached hydrogens (tertiary/aromatic N) is 1. The number of aromatic nitrogens is 1. The molecule has 0 unspecified atom stereocenters. The zero-order valence-electron chi connectivity index (χ0n) is 6.17. The standard InChI is InChI=1S/C7H5Cl2NOS/c1-4(11)2-3-5-6(8)7(9)10-12-5/h2-3H,1H3/b3-2+. The predicted octanol–water partition coefficient (Wildman–Crippen LogP) is 3.05. The van der Waals surface area contributed by atoms with E-state index in [4.69, 9.17) is 23.2 Å². The van der Waals surface area contributed by atoms with Gasteiger partial charge in [-0.05, 0) is 30.6 Å². The molecule has 64 valence electrons. The first kappa shape index (κ1) is 9.71. The monoisotopic (exact) mass is 221 g/mol. The average molecular weight is 222 g/mol. The highest BCUT2D eigenvalue weighted by Crippen LogP contribution is 2.29. The molecule has 0 aromatic carbocycles. The molecule has 0 saturated heterocycles. The van der Waals surface area contributed by atoms with E-state index in [9.17, 15) is 4.79 Å². The van der Waals surface area contributed by atoms with Crippen molar-refractivity contribution in [2.75, 3.05) is 0 Å². The molecule has 0 N–H and O–H groups in total. The summed E-state index contributed by atoms with van der Waals surface area (Å²) < 4.78 is 3.81. The Hall–Kier alpha value is -0.380. The van der Waals surface area contributed by atoms with Crippen LogP contribution in [-0.2, 0) is 4.79 Å². The SMILES string of the molecule is CC(=O)/C=C/c1snc(Cl)c1Cl. The molecule has 0 spiro atoms. The van der Waals surface area contributed by atoms with Crippen LogP contribution in [0.5, 0.6) is 0 Å². The highest BCUT2D eigenvalue weighted by atomic mass is 35.5. The van der Waals surface area contributed by atoms with E-state index < -0.39 is 0 Å². The normalized spacial score (nSPS) is 10.9. The maximum absolute atomic E-state index is 10.6. The maximum Gasteiger partial charge on any atom is 0.162 e. The van der Waals surface area contributed by atoms with Gasteiger partial charge in [0.15, 0.2) is 10.9 Å². The van der Waals surface area contributed by atoms with E-state index in [-0.39, 0.29) is 10.9 Å². The lowest BCUT2D eigenvalue weighted by atomic mass is 10.3. The van der Waals surface area contributed by atoms with Gasteiger partial charge in [-0.2, -0.15) is 4.37 Å². The minimum absolute atomic E-state index is 0.0319. The lowest BCUT2D eigenvalue weighted by Crippen LogP contribution is -1.78. The van der Waals surface area contributed by atoms with Gasteiger partial charge in [0.1, 0.15) is 0 Å². The third-order valence-corrected chi connectivity index (χ3v) is 2.87. The van der Waals surface area contributed by atoms with Crippen molar-refractivity contribution in [3.63, 3.8) is 0 Å². The van der Waals surface area contributed by atoms with Crippen LogP contribution < -0.4 is 0 Å². The van der Waals surface area contributed by atoms with E-state index in [1.165, 1.54) is 24.5 Å². The fourth-order valence-corrected chi connectivity index (χ4v) is 1.66. The van der Waals surface area contributed by atoms with Gasteiger partial charge >= 0.3 is 0 Å². The quantitative estimate of drug-likeness (QED) is 0.719. The van der Waals surface area contributed by atoms with Crippen LogP contribution in [0.4, 0.5) is 0 Å². The fraction of sp³-hybridized carbons (Fsp3) is 0.143. The number of carbonyl (C=O) groups is 1. The molecule has 1 rings (SSSR count). The average Bonchev–Trinajstić information content (AvgIpc) is 2.30. The predicted molar refractivity (Wildman–Crippen MR) is 51.8 cm³/mol. The van der Waals surface area contributed by atoms with Crippen molar-refractivity contribution < 1.29 is 4.79 Å². The summed E-state index contributed by atoms with van der Waals surface area (Å²) in [4.78, 5) is 11.3. The molecular weight excluding hydrogens is 217 g/mol. The van der Waals surface area contributed by atoms with Gasteiger partial charge in [-0.25, -0.2) is 0 Å². The zero-order chi connectivity index (χ0) is 9.14. The summed E-state index contributed by atoms with van der Waals surface area (Å²) in [5.74, 6) is -0.0319. The van der Waals surface area contributed by atoms with E-state index in [1.807, 2.05) is 0 Å². The number of hydrogen-bond acceptors (Lipinski definition) is 3. The second kappa shape index (κ2) is 4.03. The highest BCUT2D eigenvalue weighted by molar-refractivity contribution is 7.08. The van der Waals surface area contributed by atoms with Gasteiger partial charge in [0.25, 0.3) is 0 Å². The lowest BCUT2D eigenvalue weighted by molar-refractivity contribution is -0.112. The van der Waals surface area contributed by atoms with Gasteiger partial charge < -0.3 is 0 Å². The number of allylic oxidation sites excluding steroid dienone is 1. The van der Waals surface area contributed by atoms with Crippen LogP contribution in [0.1, 0.15) is 11.8 Å². The Morgan fingerprint density at radius 1 is 1.58 bits per heavy atom. The molecule has 0 aliphatic carbocycles. The molecule has 0 saturated carbocycles. The van der Waals surface area contributed by atoms with Crippen molar-refractivity contribution in [3.05, 3.63) is 21.1 Å². The third-order valence-electron chi connectivity index (χ3n) is 1.09. The Morgan fingerprint density at radius 3 is 2.67 bits per heavy atom. The zero-order valence-corrected chi connectivity index (χ0v) is 8.50. The number of halogens is 2. The van der Waals surface area contributed by atoms with E-state index in [2.05, 4.69) is 4.37 Å². The lowest BCUT2D eigenvalue weighted by Gasteiger charge is -1.84. The van der Waals surface area contributed by atoms with Crippen molar-refractivity contribution >= 4 is 46.6 Å². The molecule has 1 heterocycles. The molecule has 1 aromatic heterocycles. The molecule has 12 heavy (non-hydrogen) atoms. The summed E-state index contributed by atoms with van der Waals surface area (Å²) in [6.07, 6.45) is 3.03. The van der Waals surface area contributed by atoms with Gasteiger partial charge in [0.05, 0.1) is 9.90 Å². The summed E-state index contributed by atoms with van der Waals surface area (Å²) >= 11 is 12.5. The van der Waals surface area contributed by atoms with Gasteiger partial charge in [-0.3, -0.25) is 4.79 Å². The molecule has 1 aromatic rings. The Labute approximate surface area is 84.0 Å². The van der Waals surface area contributed by atoms with E-state index in [1.54, 1.807) is 6.08 Å². The van der Waals surface area contributed by atoms with Crippen LogP contribution in [0, 0.1) is 0 Å². The van der Waals surface area contributed by atoms with Crippen molar-refractivity contribution in [3.8, 4) is 0 Å². The number of carbonyl (C=O) groups excluding carboxylic acids is 1. The van der Waals surface area contributed by atoms with Crippen molar-refractivity contribution in [2.24, 2.45) is 0 Å². The van der Waals surface area contributed by atoms with Crippen LogP contribution in [0.3, 0.4) is 0 Å². The van der Waals surface area contributed by atoms with E-state index in [0.29, 0.717) is 9.90 Å². The Balaban J connectivity index is 2.90. The molecular formula is C7H5Cl2NOS. The minimum atomic E-state index is -0.0319. The molecule has 0 amide bonds. The first-order valence-electron chi connectivity index (χ1n) is 3.10. The molecule has 5 heteroatoms. The third kappa shape index (κ3) is 2.30. The van der Waals surface area contributed by atoms with Crippen LogP contribution in [0.25, 0.3) is 6.08 Å². The van der Waals surface area contributed by atoms with E-state index >= 15 is 0 Å². The van der Waals surface area contributed by atoms with Crippen molar-refractivity contribution in [1.82, 2.24) is 4.37 Å². The van der Waals surface area contributed by atoms with Crippen LogP contribution in [0.15, 0.2) is 6.08 Å². The molecule has 0 aliphatic heterocycles. The van der Waals surface area contributed by atoms with Crippen molar-refractivity contribution in [1.29, 1.82) is 0 Å². The fourth-order valence-electron chi connectivity index (χ4n) is 0.568. The minimum Gasteiger partial charge on any atom is -0.295 e. The van der Waals surface area contributed by atoms with Gasteiger partial charge in [-0.1, -0.05) is 23.2 Å². The summed E-state index contributed by atoms with van der Waals surface area (Å²) in [5.41, 5.74) is 0. The molecule has 0 atom stereocenters. The molecule has 0 bridgehead atoms. The topological polar surface area (TPSA) is 30.0 Å². The second-order valence-electron chi connectivity index (χ2n) is 2.10. The maximum atomic E-state index is 10.6. The summed E-state index contributed by atoms with van der Waals surface area (Å²) in [5, 5.41) is 0.684. The first-order chi connectivity index (χ1) is 5.61. The van der Waals surface area contributed by atoms with Crippen molar-refractivity contribution in [2.45, 2.75) is 6.92 Å². The van der Waals surface area contributed by atoms with Gasteiger partial charge in [0.2, 0.25) is 0 Å². The highest BCUT2D eigenvalue weighted by Gasteiger charge is 2.05. The molecule has 0 radical (unpaired) electrons. The summed E-state index contributed by atoms with van der Waals surface area (Å²) in [7, 11) is 0. The van der Waals surface area contributed by atoms with Crippen LogP contribution >= 0.6 is 34.7 Å². The number of ketones is 1. The number of rotatable bonds is 2. The Bertz CT molecular complexity index is 332. The Morgan fingerprint density at radius 2 is 2.25 bits per heavy atom. The van der Waals surface area contributed by atoms with Crippen LogP contribution in [0.2, 0.25) is 10.2 Å². The second-order valence-corrected chi connectivity index (χ2v) is 3.64. The summed E-state index contributed by atoms with van der Waals surface area (Å²) in [6, 6.07) is 0. The molecule has 0 fully saturated rings. The largest absolute Gasteiger partial charge is 0.295 e. The van der Waals surface area contributed by atoms with Crippen LogP contribution in [-0.4, -0.2) is 10.2 Å². The molecule has 2 nitrogen and oxygen atoms in total. The first-order valence-corrected chi connectivity index (χ1v) is 4.63. The van der Waals surface area contributed by atoms with E-state index in [0.717, 1.165) is 0 Å².